The molecule has 1 aromatic carbocycles. The Kier molecular flexibility index (Phi) is 6.26. The van der Waals surface area contributed by atoms with Crippen LogP contribution in [0.25, 0.3) is 0 Å². The van der Waals surface area contributed by atoms with Gasteiger partial charge in [0.15, 0.2) is 0 Å². The summed E-state index contributed by atoms with van der Waals surface area (Å²) in [6.07, 6.45) is 1.49. The average Bonchev–Trinajstić information content (AvgIpc) is 3.22. The number of piperidine rings is 1. The van der Waals surface area contributed by atoms with Crippen molar-refractivity contribution in [3.05, 3.63) is 24.3 Å². The summed E-state index contributed by atoms with van der Waals surface area (Å²) in [6.45, 7) is 1.99. The van der Waals surface area contributed by atoms with E-state index in [1.165, 1.54) is 0 Å². The van der Waals surface area contributed by atoms with Crippen molar-refractivity contribution < 1.29 is 14.3 Å². The number of carbonyl (C=O) groups excluding carboxylic acids is 2. The van der Waals surface area contributed by atoms with Gasteiger partial charge in [-0.2, -0.15) is 0 Å². The van der Waals surface area contributed by atoms with Crippen molar-refractivity contribution in [2.75, 3.05) is 43.7 Å². The van der Waals surface area contributed by atoms with Gasteiger partial charge in [0.1, 0.15) is 5.75 Å². The number of para-hydroxylation sites is 2. The van der Waals surface area contributed by atoms with E-state index in [4.69, 9.17) is 10.5 Å². The fourth-order valence-electron chi connectivity index (χ4n) is 3.40. The minimum absolute atomic E-state index is 0.0481. The number of nitrogens with two attached hydrogens (primary N) is 1. The standard InChI is InChI=1S/C18H26N4O3S/c1-25-15-5-3-2-4-14(15)20-18(24)21-8-6-13(7-9-21)16(19)17(23)22-10-11-26-12-22/h2-5,13,16H,6-12,19H2,1H3,(H,20,24). The van der Waals surface area contributed by atoms with Crippen molar-refractivity contribution in [2.24, 2.45) is 11.7 Å². The van der Waals surface area contributed by atoms with Crippen molar-refractivity contribution >= 4 is 29.4 Å². The topological polar surface area (TPSA) is 87.9 Å². The maximum absolute atomic E-state index is 12.5. The summed E-state index contributed by atoms with van der Waals surface area (Å²) >= 11 is 1.76. The van der Waals surface area contributed by atoms with Gasteiger partial charge < -0.3 is 25.6 Å². The smallest absolute Gasteiger partial charge is 0.321 e. The Morgan fingerprint density at radius 2 is 1.96 bits per heavy atom. The molecule has 0 aromatic heterocycles. The number of hydrogen-bond donors (Lipinski definition) is 2. The summed E-state index contributed by atoms with van der Waals surface area (Å²) in [5.41, 5.74) is 6.87. The van der Waals surface area contributed by atoms with Gasteiger partial charge in [0.05, 0.1) is 24.7 Å². The summed E-state index contributed by atoms with van der Waals surface area (Å²) in [4.78, 5) is 28.6. The fourth-order valence-corrected chi connectivity index (χ4v) is 4.36. The molecule has 1 atom stereocenters. The molecule has 7 nitrogen and oxygen atoms in total. The highest BCUT2D eigenvalue weighted by molar-refractivity contribution is 7.99. The number of thioether (sulfide) groups is 1. The summed E-state index contributed by atoms with van der Waals surface area (Å²) in [5, 5.41) is 2.90. The predicted octanol–water partition coefficient (Wildman–Crippen LogP) is 1.80. The molecule has 0 saturated carbocycles. The molecule has 2 saturated heterocycles. The zero-order valence-corrected chi connectivity index (χ0v) is 15.8. The second-order valence-electron chi connectivity index (χ2n) is 6.62. The number of nitrogens with zero attached hydrogens (tertiary/aromatic N) is 2. The molecule has 1 aromatic rings. The van der Waals surface area contributed by atoms with E-state index < -0.39 is 6.04 Å². The van der Waals surface area contributed by atoms with E-state index in [0.717, 1.165) is 31.0 Å². The Balaban J connectivity index is 1.51. The van der Waals surface area contributed by atoms with E-state index in [9.17, 15) is 9.59 Å². The molecule has 142 valence electrons. The minimum Gasteiger partial charge on any atom is -0.495 e. The summed E-state index contributed by atoms with van der Waals surface area (Å²) < 4.78 is 5.26. The number of urea groups is 1. The van der Waals surface area contributed by atoms with Crippen molar-refractivity contribution in [3.63, 3.8) is 0 Å². The van der Waals surface area contributed by atoms with Gasteiger partial charge in [0.25, 0.3) is 0 Å². The van der Waals surface area contributed by atoms with Crippen LogP contribution >= 0.6 is 11.8 Å². The van der Waals surface area contributed by atoms with Gasteiger partial charge in [-0.1, -0.05) is 12.1 Å². The first kappa shape index (κ1) is 18.8. The summed E-state index contributed by atoms with van der Waals surface area (Å²) in [7, 11) is 1.58. The molecule has 3 amide bonds. The second kappa shape index (κ2) is 8.64. The molecular formula is C18H26N4O3S. The van der Waals surface area contributed by atoms with E-state index in [1.807, 2.05) is 29.2 Å². The number of amides is 3. The zero-order chi connectivity index (χ0) is 18.5. The molecule has 3 rings (SSSR count). The summed E-state index contributed by atoms with van der Waals surface area (Å²) in [6, 6.07) is 6.72. The lowest BCUT2D eigenvalue weighted by Crippen LogP contribution is -2.51. The number of ether oxygens (including phenoxy) is 1. The molecule has 0 bridgehead atoms. The van der Waals surface area contributed by atoms with Crippen LogP contribution in [0.5, 0.6) is 5.75 Å². The molecule has 2 heterocycles. The average molecular weight is 378 g/mol. The quantitative estimate of drug-likeness (QED) is 0.834. The van der Waals surface area contributed by atoms with E-state index in [0.29, 0.717) is 24.5 Å². The number of anilines is 1. The zero-order valence-electron chi connectivity index (χ0n) is 15.0. The Bertz CT molecular complexity index is 643. The van der Waals surface area contributed by atoms with Gasteiger partial charge >= 0.3 is 6.03 Å². The van der Waals surface area contributed by atoms with Crippen molar-refractivity contribution in [2.45, 2.75) is 18.9 Å². The van der Waals surface area contributed by atoms with E-state index in [1.54, 1.807) is 23.8 Å². The van der Waals surface area contributed by atoms with Crippen LogP contribution in [0, 0.1) is 5.92 Å². The van der Waals surface area contributed by atoms with Crippen LogP contribution in [0.2, 0.25) is 0 Å². The Morgan fingerprint density at radius 1 is 1.23 bits per heavy atom. The van der Waals surface area contributed by atoms with E-state index in [-0.39, 0.29) is 17.9 Å². The summed E-state index contributed by atoms with van der Waals surface area (Å²) in [5.74, 6) is 2.54. The van der Waals surface area contributed by atoms with Gasteiger partial charge in [0.2, 0.25) is 5.91 Å². The van der Waals surface area contributed by atoms with Crippen LogP contribution in [0.1, 0.15) is 12.8 Å². The number of likely N-dealkylation sites (tertiary alicyclic amines) is 1. The van der Waals surface area contributed by atoms with Gasteiger partial charge in [0, 0.05) is 25.4 Å². The van der Waals surface area contributed by atoms with Gasteiger partial charge in [-0.25, -0.2) is 4.79 Å². The molecular weight excluding hydrogens is 352 g/mol. The molecule has 2 fully saturated rings. The van der Waals surface area contributed by atoms with Crippen LogP contribution < -0.4 is 15.8 Å². The number of carbonyl (C=O) groups is 2. The second-order valence-corrected chi connectivity index (χ2v) is 7.69. The fraction of sp³-hybridized carbons (Fsp3) is 0.556. The molecule has 0 spiro atoms. The van der Waals surface area contributed by atoms with Crippen LogP contribution in [-0.2, 0) is 4.79 Å². The minimum atomic E-state index is -0.465. The predicted molar refractivity (Wildman–Crippen MR) is 103 cm³/mol. The maximum atomic E-state index is 12.5. The van der Waals surface area contributed by atoms with E-state index in [2.05, 4.69) is 5.32 Å². The highest BCUT2D eigenvalue weighted by Gasteiger charge is 2.33. The van der Waals surface area contributed by atoms with Gasteiger partial charge in [-0.05, 0) is 30.9 Å². The lowest BCUT2D eigenvalue weighted by molar-refractivity contribution is -0.132. The van der Waals surface area contributed by atoms with Gasteiger partial charge in [-0.3, -0.25) is 4.79 Å². The lowest BCUT2D eigenvalue weighted by atomic mass is 9.89. The van der Waals surface area contributed by atoms with Crippen LogP contribution in [0.3, 0.4) is 0 Å². The highest BCUT2D eigenvalue weighted by Crippen LogP contribution is 2.26. The molecule has 1 unspecified atom stereocenters. The first-order valence-electron chi connectivity index (χ1n) is 8.91. The molecule has 2 aliphatic rings. The van der Waals surface area contributed by atoms with Crippen LogP contribution in [0.4, 0.5) is 10.5 Å². The number of methoxy groups -OCH3 is 1. The van der Waals surface area contributed by atoms with Crippen LogP contribution in [0.15, 0.2) is 24.3 Å². The largest absolute Gasteiger partial charge is 0.495 e. The monoisotopic (exact) mass is 378 g/mol. The molecule has 0 aliphatic carbocycles. The molecule has 2 aliphatic heterocycles. The molecule has 3 N–H and O–H groups in total. The lowest BCUT2D eigenvalue weighted by Gasteiger charge is -2.35. The molecule has 26 heavy (non-hydrogen) atoms. The highest BCUT2D eigenvalue weighted by atomic mass is 32.2. The number of benzene rings is 1. The van der Waals surface area contributed by atoms with Crippen molar-refractivity contribution in [1.29, 1.82) is 0 Å². The third kappa shape index (κ3) is 4.24. The van der Waals surface area contributed by atoms with Crippen LogP contribution in [-0.4, -0.2) is 66.2 Å². The first-order valence-corrected chi connectivity index (χ1v) is 10.1. The number of hydrogen-bond acceptors (Lipinski definition) is 5. The number of rotatable bonds is 4. The Labute approximate surface area is 158 Å². The first-order chi connectivity index (χ1) is 12.6. The number of nitrogens with one attached hydrogen (secondary N) is 1. The van der Waals surface area contributed by atoms with Crippen molar-refractivity contribution in [1.82, 2.24) is 9.80 Å². The third-order valence-corrected chi connectivity index (χ3v) is 6.00. The molecule has 8 heteroatoms. The van der Waals surface area contributed by atoms with Crippen molar-refractivity contribution in [3.8, 4) is 5.75 Å². The maximum Gasteiger partial charge on any atom is 0.321 e. The normalized spacial score (nSPS) is 19.3. The Morgan fingerprint density at radius 3 is 2.62 bits per heavy atom. The SMILES string of the molecule is COc1ccccc1NC(=O)N1CCC(C(N)C(=O)N2CCSC2)CC1. The Hall–Kier alpha value is -1.93. The molecule has 0 radical (unpaired) electrons. The third-order valence-electron chi connectivity index (χ3n) is 5.03. The van der Waals surface area contributed by atoms with E-state index >= 15 is 0 Å². The van der Waals surface area contributed by atoms with Gasteiger partial charge in [-0.15, -0.1) is 11.8 Å².